The van der Waals surface area contributed by atoms with E-state index in [9.17, 15) is 13.2 Å². The van der Waals surface area contributed by atoms with Crippen molar-refractivity contribution in [2.24, 2.45) is 11.1 Å². The zero-order valence-corrected chi connectivity index (χ0v) is 10.8. The second-order valence-corrected chi connectivity index (χ2v) is 5.65. The first-order chi connectivity index (χ1) is 7.67. The molecule has 0 saturated heterocycles. The van der Waals surface area contributed by atoms with E-state index < -0.39 is 12.7 Å². The Morgan fingerprint density at radius 3 is 2.41 bits per heavy atom. The monoisotopic (exact) mass is 252 g/mol. The Morgan fingerprint density at radius 2 is 1.94 bits per heavy atom. The average molecular weight is 252 g/mol. The van der Waals surface area contributed by atoms with Gasteiger partial charge in [-0.15, -0.1) is 0 Å². The molecule has 0 aromatic carbocycles. The summed E-state index contributed by atoms with van der Waals surface area (Å²) in [7, 11) is 0. The van der Waals surface area contributed by atoms with E-state index in [1.807, 2.05) is 13.8 Å². The van der Waals surface area contributed by atoms with Crippen LogP contribution in [0.15, 0.2) is 0 Å². The van der Waals surface area contributed by atoms with Crippen molar-refractivity contribution in [1.29, 1.82) is 0 Å². The van der Waals surface area contributed by atoms with Crippen LogP contribution in [0, 0.1) is 5.41 Å². The molecule has 2 unspecified atom stereocenters. The molecule has 2 N–H and O–H groups in total. The lowest BCUT2D eigenvalue weighted by Crippen LogP contribution is -2.58. The van der Waals surface area contributed by atoms with Crippen molar-refractivity contribution < 1.29 is 13.2 Å². The van der Waals surface area contributed by atoms with Gasteiger partial charge in [-0.3, -0.25) is 4.90 Å². The number of nitrogens with zero attached hydrogens (tertiary/aromatic N) is 1. The van der Waals surface area contributed by atoms with Crippen LogP contribution in [0.3, 0.4) is 0 Å². The lowest BCUT2D eigenvalue weighted by atomic mass is 9.71. The summed E-state index contributed by atoms with van der Waals surface area (Å²) in [6.45, 7) is 5.41. The van der Waals surface area contributed by atoms with Gasteiger partial charge in [-0.1, -0.05) is 27.2 Å². The molecular weight excluding hydrogens is 229 g/mol. The number of hydrogen-bond acceptors (Lipinski definition) is 2. The number of rotatable bonds is 3. The molecule has 0 amide bonds. The number of halogens is 3. The van der Waals surface area contributed by atoms with Crippen molar-refractivity contribution in [1.82, 2.24) is 4.90 Å². The third-order valence-corrected chi connectivity index (χ3v) is 3.90. The first-order valence-electron chi connectivity index (χ1n) is 6.24. The molecule has 0 spiro atoms. The molecule has 102 valence electrons. The lowest BCUT2D eigenvalue weighted by Gasteiger charge is -2.46. The summed E-state index contributed by atoms with van der Waals surface area (Å²) in [6.07, 6.45) is -1.42. The van der Waals surface area contributed by atoms with Gasteiger partial charge >= 0.3 is 6.18 Å². The van der Waals surface area contributed by atoms with Gasteiger partial charge in [0.05, 0.1) is 6.54 Å². The van der Waals surface area contributed by atoms with Crippen molar-refractivity contribution in [3.8, 4) is 0 Å². The van der Waals surface area contributed by atoms with Gasteiger partial charge < -0.3 is 5.73 Å². The third-order valence-electron chi connectivity index (χ3n) is 3.90. The predicted molar refractivity (Wildman–Crippen MR) is 62.7 cm³/mol. The van der Waals surface area contributed by atoms with Crippen LogP contribution in [-0.4, -0.2) is 36.2 Å². The van der Waals surface area contributed by atoms with Crippen LogP contribution in [-0.2, 0) is 0 Å². The van der Waals surface area contributed by atoms with Crippen LogP contribution in [0.5, 0.6) is 0 Å². The lowest BCUT2D eigenvalue weighted by molar-refractivity contribution is -0.154. The van der Waals surface area contributed by atoms with Gasteiger partial charge in [0.2, 0.25) is 0 Å². The second kappa shape index (κ2) is 5.14. The summed E-state index contributed by atoms with van der Waals surface area (Å²) in [5, 5.41) is 0. The summed E-state index contributed by atoms with van der Waals surface area (Å²) in [5.41, 5.74) is 6.08. The zero-order chi connectivity index (χ0) is 13.3. The molecule has 1 fully saturated rings. The van der Waals surface area contributed by atoms with Crippen molar-refractivity contribution in [2.45, 2.75) is 58.3 Å². The molecule has 2 nitrogen and oxygen atoms in total. The van der Waals surface area contributed by atoms with E-state index in [2.05, 4.69) is 0 Å². The van der Waals surface area contributed by atoms with Crippen molar-refractivity contribution in [3.05, 3.63) is 0 Å². The van der Waals surface area contributed by atoms with E-state index in [4.69, 9.17) is 5.73 Å². The average Bonchev–Trinajstić information content (AvgIpc) is 2.17. The van der Waals surface area contributed by atoms with E-state index in [1.165, 1.54) is 4.90 Å². The molecule has 1 aliphatic rings. The molecule has 5 heteroatoms. The van der Waals surface area contributed by atoms with Gasteiger partial charge in [-0.25, -0.2) is 0 Å². The minimum absolute atomic E-state index is 0.0675. The summed E-state index contributed by atoms with van der Waals surface area (Å²) >= 11 is 0. The van der Waals surface area contributed by atoms with Crippen LogP contribution in [0.25, 0.3) is 0 Å². The Kier molecular flexibility index (Phi) is 4.47. The second-order valence-electron chi connectivity index (χ2n) is 5.65. The molecule has 0 bridgehead atoms. The predicted octanol–water partition coefficient (Wildman–Crippen LogP) is 2.78. The van der Waals surface area contributed by atoms with Crippen molar-refractivity contribution >= 4 is 0 Å². The molecule has 1 rings (SSSR count). The zero-order valence-electron chi connectivity index (χ0n) is 10.8. The van der Waals surface area contributed by atoms with E-state index in [0.29, 0.717) is 6.54 Å². The van der Waals surface area contributed by atoms with E-state index >= 15 is 0 Å². The van der Waals surface area contributed by atoms with E-state index in [0.717, 1.165) is 19.3 Å². The topological polar surface area (TPSA) is 29.3 Å². The van der Waals surface area contributed by atoms with Crippen molar-refractivity contribution in [2.75, 3.05) is 13.1 Å². The standard InChI is InChI=1S/C12H23F3N2/c1-4-17(8-12(13,14)15)9-6-5-7-11(2,3)10(9)16/h9-10H,4-8,16H2,1-3H3. The van der Waals surface area contributed by atoms with Crippen LogP contribution in [0.1, 0.15) is 40.0 Å². The third kappa shape index (κ3) is 3.85. The molecule has 17 heavy (non-hydrogen) atoms. The Balaban J connectivity index is 2.74. The maximum absolute atomic E-state index is 12.5. The van der Waals surface area contributed by atoms with Crippen LogP contribution in [0.4, 0.5) is 13.2 Å². The molecule has 0 aromatic heterocycles. The SMILES string of the molecule is CCN(CC(F)(F)F)C1CCCC(C)(C)C1N. The number of nitrogens with two attached hydrogens (primary N) is 1. The summed E-state index contributed by atoms with van der Waals surface area (Å²) in [4.78, 5) is 1.48. The summed E-state index contributed by atoms with van der Waals surface area (Å²) in [6, 6.07) is -0.330. The highest BCUT2D eigenvalue weighted by Crippen LogP contribution is 2.37. The summed E-state index contributed by atoms with van der Waals surface area (Å²) in [5.74, 6) is 0. The molecule has 0 aromatic rings. The van der Waals surface area contributed by atoms with Gasteiger partial charge in [-0.05, 0) is 24.8 Å². The first kappa shape index (κ1) is 14.8. The van der Waals surface area contributed by atoms with Crippen molar-refractivity contribution in [3.63, 3.8) is 0 Å². The highest BCUT2D eigenvalue weighted by molar-refractivity contribution is 4.96. The highest BCUT2D eigenvalue weighted by atomic mass is 19.4. The summed E-state index contributed by atoms with van der Waals surface area (Å²) < 4.78 is 37.5. The fraction of sp³-hybridized carbons (Fsp3) is 1.00. The number of likely N-dealkylation sites (N-methyl/N-ethyl adjacent to an activating group) is 1. The minimum atomic E-state index is -4.14. The van der Waals surface area contributed by atoms with Gasteiger partial charge in [-0.2, -0.15) is 13.2 Å². The maximum Gasteiger partial charge on any atom is 0.401 e. The smallest absolute Gasteiger partial charge is 0.326 e. The molecule has 0 aliphatic heterocycles. The molecule has 1 aliphatic carbocycles. The fourth-order valence-corrected chi connectivity index (χ4v) is 2.74. The van der Waals surface area contributed by atoms with Crippen LogP contribution < -0.4 is 5.73 Å². The van der Waals surface area contributed by atoms with Gasteiger partial charge in [0.15, 0.2) is 0 Å². The molecule has 0 radical (unpaired) electrons. The van der Waals surface area contributed by atoms with Crippen LogP contribution in [0.2, 0.25) is 0 Å². The normalized spacial score (nSPS) is 29.6. The quantitative estimate of drug-likeness (QED) is 0.837. The largest absolute Gasteiger partial charge is 0.401 e. The molecular formula is C12H23F3N2. The van der Waals surface area contributed by atoms with Gasteiger partial charge in [0.25, 0.3) is 0 Å². The Labute approximate surface area is 101 Å². The Bertz CT molecular complexity index is 251. The van der Waals surface area contributed by atoms with Crippen LogP contribution >= 0.6 is 0 Å². The highest BCUT2D eigenvalue weighted by Gasteiger charge is 2.41. The van der Waals surface area contributed by atoms with E-state index in [-0.39, 0.29) is 17.5 Å². The van der Waals surface area contributed by atoms with Gasteiger partial charge in [0, 0.05) is 12.1 Å². The fourth-order valence-electron chi connectivity index (χ4n) is 2.74. The Morgan fingerprint density at radius 1 is 1.35 bits per heavy atom. The number of hydrogen-bond donors (Lipinski definition) is 1. The minimum Gasteiger partial charge on any atom is -0.326 e. The van der Waals surface area contributed by atoms with Gasteiger partial charge in [0.1, 0.15) is 0 Å². The molecule has 2 atom stereocenters. The number of alkyl halides is 3. The Hall–Kier alpha value is -0.290. The first-order valence-corrected chi connectivity index (χ1v) is 6.24. The van der Waals surface area contributed by atoms with E-state index in [1.54, 1.807) is 6.92 Å². The molecule has 1 saturated carbocycles. The maximum atomic E-state index is 12.5. The molecule has 0 heterocycles.